The molecule has 0 aliphatic carbocycles. The molecule has 0 spiro atoms. The van der Waals surface area contributed by atoms with E-state index in [1.807, 2.05) is 12.1 Å². The summed E-state index contributed by atoms with van der Waals surface area (Å²) in [6, 6.07) is 13.5. The van der Waals surface area contributed by atoms with Crippen LogP contribution >= 0.6 is 0 Å². The minimum atomic E-state index is -0.934. The number of aliphatic hydroxyl groups is 1. The lowest BCUT2D eigenvalue weighted by molar-refractivity contribution is 0.0925. The number of hydrogen-bond acceptors (Lipinski definition) is 6. The summed E-state index contributed by atoms with van der Waals surface area (Å²) in [7, 11) is 1.80. The van der Waals surface area contributed by atoms with E-state index in [0.717, 1.165) is 16.5 Å². The molecule has 1 aromatic heterocycles. The van der Waals surface area contributed by atoms with Crippen LogP contribution in [0.2, 0.25) is 0 Å². The van der Waals surface area contributed by atoms with E-state index in [2.05, 4.69) is 6.07 Å². The molecule has 27 heavy (non-hydrogen) atoms. The maximum atomic E-state index is 12.1. The van der Waals surface area contributed by atoms with Crippen molar-refractivity contribution in [2.24, 2.45) is 12.8 Å². The fourth-order valence-electron chi connectivity index (χ4n) is 2.93. The van der Waals surface area contributed by atoms with Crippen LogP contribution in [0.4, 0.5) is 5.82 Å². The highest BCUT2D eigenvalue weighted by Gasteiger charge is 2.15. The molecule has 0 saturated heterocycles. The Bertz CT molecular complexity index is 1050. The third-order valence-electron chi connectivity index (χ3n) is 4.48. The molecule has 3 aromatic rings. The van der Waals surface area contributed by atoms with Crippen molar-refractivity contribution in [1.82, 2.24) is 4.57 Å². The van der Waals surface area contributed by atoms with E-state index in [1.54, 1.807) is 41.9 Å². The Balaban J connectivity index is 1.81. The molecule has 0 radical (unpaired) electrons. The van der Waals surface area contributed by atoms with Gasteiger partial charge in [-0.15, -0.1) is 0 Å². The molecule has 0 amide bonds. The van der Waals surface area contributed by atoms with E-state index < -0.39 is 12.6 Å². The van der Waals surface area contributed by atoms with Gasteiger partial charge in [0, 0.05) is 18.0 Å². The van der Waals surface area contributed by atoms with Crippen molar-refractivity contribution >= 4 is 22.5 Å². The van der Waals surface area contributed by atoms with Crippen LogP contribution in [0.1, 0.15) is 21.5 Å². The number of aryl methyl sites for hydroxylation is 1. The van der Waals surface area contributed by atoms with Gasteiger partial charge in [-0.2, -0.15) is 5.26 Å². The zero-order valence-corrected chi connectivity index (χ0v) is 14.8. The first-order valence-corrected chi connectivity index (χ1v) is 8.36. The number of aromatic nitrogens is 1. The van der Waals surface area contributed by atoms with Crippen LogP contribution in [-0.2, 0) is 13.7 Å². The van der Waals surface area contributed by atoms with Crippen LogP contribution in [-0.4, -0.2) is 28.1 Å². The van der Waals surface area contributed by atoms with Gasteiger partial charge < -0.3 is 25.9 Å². The minimum Gasteiger partial charge on any atom is -0.489 e. The topological polar surface area (TPSA) is 127 Å². The molecule has 138 valence electrons. The van der Waals surface area contributed by atoms with Crippen LogP contribution in [0.5, 0.6) is 5.75 Å². The first-order chi connectivity index (χ1) is 13.0. The van der Waals surface area contributed by atoms with Gasteiger partial charge in [-0.1, -0.05) is 18.2 Å². The van der Waals surface area contributed by atoms with Gasteiger partial charge in [0.1, 0.15) is 29.8 Å². The Morgan fingerprint density at radius 2 is 2.11 bits per heavy atom. The van der Waals surface area contributed by atoms with Gasteiger partial charge in [-0.05, 0) is 29.8 Å². The number of carbonyl (C=O) groups excluding carboxylic acids is 1. The standard InChI is InChI=1S/C20H20N4O3/c1-24-18-6-5-14(8-15(18)16(9-21)20(24)23)27-11-12-3-2-4-13(7-12)19(26)17(22)10-25/h2-8,17,25H,10-11,22-23H2,1H3/t17-/m0/s1. The number of nitriles is 1. The Labute approximate surface area is 156 Å². The minimum absolute atomic E-state index is 0.241. The number of ether oxygens (including phenoxy) is 1. The monoisotopic (exact) mass is 364 g/mol. The van der Waals surface area contributed by atoms with Crippen molar-refractivity contribution < 1.29 is 14.6 Å². The zero-order chi connectivity index (χ0) is 19.6. The van der Waals surface area contributed by atoms with Crippen LogP contribution in [0, 0.1) is 11.3 Å². The van der Waals surface area contributed by atoms with Crippen LogP contribution in [0.15, 0.2) is 42.5 Å². The van der Waals surface area contributed by atoms with Crippen molar-refractivity contribution in [3.05, 3.63) is 59.2 Å². The van der Waals surface area contributed by atoms with Crippen LogP contribution in [0.25, 0.3) is 10.9 Å². The lowest BCUT2D eigenvalue weighted by Crippen LogP contribution is -2.34. The maximum absolute atomic E-state index is 12.1. The largest absolute Gasteiger partial charge is 0.489 e. The molecular formula is C20H20N4O3. The number of fused-ring (bicyclic) bond motifs is 1. The second-order valence-corrected chi connectivity index (χ2v) is 6.25. The summed E-state index contributed by atoms with van der Waals surface area (Å²) in [5.74, 6) is 0.684. The smallest absolute Gasteiger partial charge is 0.181 e. The average molecular weight is 364 g/mol. The van der Waals surface area contributed by atoms with Crippen molar-refractivity contribution in [1.29, 1.82) is 5.26 Å². The number of ketones is 1. The van der Waals surface area contributed by atoms with E-state index in [-0.39, 0.29) is 12.4 Å². The van der Waals surface area contributed by atoms with Crippen molar-refractivity contribution in [3.63, 3.8) is 0 Å². The number of nitrogens with two attached hydrogens (primary N) is 2. The quantitative estimate of drug-likeness (QED) is 0.571. The molecule has 0 unspecified atom stereocenters. The molecule has 2 aromatic carbocycles. The van der Waals surface area contributed by atoms with Crippen molar-refractivity contribution in [3.8, 4) is 11.8 Å². The first kappa shape index (κ1) is 18.5. The summed E-state index contributed by atoms with van der Waals surface area (Å²) in [5, 5.41) is 19.1. The summed E-state index contributed by atoms with van der Waals surface area (Å²) < 4.78 is 7.58. The molecule has 0 bridgehead atoms. The molecule has 0 fully saturated rings. The van der Waals surface area contributed by atoms with Crippen molar-refractivity contribution in [2.75, 3.05) is 12.3 Å². The lowest BCUT2D eigenvalue weighted by Gasteiger charge is -2.10. The van der Waals surface area contributed by atoms with E-state index in [1.165, 1.54) is 0 Å². The number of rotatable bonds is 6. The Morgan fingerprint density at radius 1 is 1.33 bits per heavy atom. The first-order valence-electron chi connectivity index (χ1n) is 8.36. The van der Waals surface area contributed by atoms with Gasteiger partial charge in [-0.25, -0.2) is 0 Å². The Kier molecular flexibility index (Phi) is 5.12. The van der Waals surface area contributed by atoms with E-state index in [9.17, 15) is 10.1 Å². The normalized spacial score (nSPS) is 11.9. The highest BCUT2D eigenvalue weighted by Crippen LogP contribution is 2.30. The molecule has 0 saturated carbocycles. The second-order valence-electron chi connectivity index (χ2n) is 6.25. The maximum Gasteiger partial charge on any atom is 0.181 e. The van der Waals surface area contributed by atoms with Gasteiger partial charge in [-0.3, -0.25) is 4.79 Å². The number of nitrogen functional groups attached to an aromatic ring is 1. The number of carbonyl (C=O) groups is 1. The molecule has 7 nitrogen and oxygen atoms in total. The fourth-order valence-corrected chi connectivity index (χ4v) is 2.93. The highest BCUT2D eigenvalue weighted by atomic mass is 16.5. The number of anilines is 1. The third kappa shape index (κ3) is 3.49. The highest BCUT2D eigenvalue weighted by molar-refractivity contribution is 6.00. The molecule has 3 rings (SSSR count). The Morgan fingerprint density at radius 3 is 2.81 bits per heavy atom. The van der Waals surface area contributed by atoms with Crippen LogP contribution in [0.3, 0.4) is 0 Å². The average Bonchev–Trinajstić information content (AvgIpc) is 2.94. The number of Topliss-reactive ketones (excluding diaryl/α,β-unsaturated/α-hetero) is 1. The summed E-state index contributed by atoms with van der Waals surface area (Å²) in [6.45, 7) is -0.161. The third-order valence-corrected chi connectivity index (χ3v) is 4.48. The van der Waals surface area contributed by atoms with E-state index >= 15 is 0 Å². The lowest BCUT2D eigenvalue weighted by atomic mass is 10.0. The Hall–Kier alpha value is -3.34. The van der Waals surface area contributed by atoms with Gasteiger partial charge in [0.25, 0.3) is 0 Å². The molecule has 5 N–H and O–H groups in total. The van der Waals surface area contributed by atoms with E-state index in [4.69, 9.17) is 21.3 Å². The SMILES string of the molecule is Cn1c(N)c(C#N)c2cc(OCc3cccc(C(=O)[C@@H](N)CO)c3)ccc21. The van der Waals surface area contributed by atoms with Gasteiger partial charge >= 0.3 is 0 Å². The molecule has 1 heterocycles. The molecule has 0 aliphatic rings. The summed E-state index contributed by atoms with van der Waals surface area (Å²) >= 11 is 0. The van der Waals surface area contributed by atoms with Crippen LogP contribution < -0.4 is 16.2 Å². The second kappa shape index (κ2) is 7.50. The fraction of sp³-hybridized carbons (Fsp3) is 0.200. The number of benzene rings is 2. The summed E-state index contributed by atoms with van der Waals surface area (Å²) in [5.41, 5.74) is 14.0. The predicted molar refractivity (Wildman–Crippen MR) is 102 cm³/mol. The molecule has 0 aliphatic heterocycles. The number of nitrogens with zero attached hydrogens (tertiary/aromatic N) is 2. The molecule has 7 heteroatoms. The molecule has 1 atom stereocenters. The predicted octanol–water partition coefficient (Wildman–Crippen LogP) is 1.71. The number of aliphatic hydroxyl groups excluding tert-OH is 1. The van der Waals surface area contributed by atoms with E-state index in [0.29, 0.717) is 22.7 Å². The van der Waals surface area contributed by atoms with Gasteiger partial charge in [0.05, 0.1) is 18.2 Å². The number of hydrogen-bond donors (Lipinski definition) is 3. The summed E-state index contributed by atoms with van der Waals surface area (Å²) in [6.07, 6.45) is 0. The van der Waals surface area contributed by atoms with Crippen molar-refractivity contribution in [2.45, 2.75) is 12.6 Å². The van der Waals surface area contributed by atoms with Gasteiger partial charge in [0.2, 0.25) is 0 Å². The van der Waals surface area contributed by atoms with Gasteiger partial charge in [0.15, 0.2) is 5.78 Å². The molecular weight excluding hydrogens is 344 g/mol. The summed E-state index contributed by atoms with van der Waals surface area (Å²) in [4.78, 5) is 12.1. The zero-order valence-electron chi connectivity index (χ0n) is 14.8.